The van der Waals surface area contributed by atoms with Gasteiger partial charge in [0.2, 0.25) is 0 Å². The van der Waals surface area contributed by atoms with Crippen molar-refractivity contribution in [3.05, 3.63) is 36.2 Å². The molecule has 0 saturated heterocycles. The first-order valence-electron chi connectivity index (χ1n) is 5.97. The van der Waals surface area contributed by atoms with Crippen molar-refractivity contribution in [2.45, 2.75) is 19.0 Å². The van der Waals surface area contributed by atoms with Crippen LogP contribution in [0.25, 0.3) is 0 Å². The third kappa shape index (κ3) is 3.75. The molecule has 8 nitrogen and oxygen atoms in total. The molecule has 1 unspecified atom stereocenters. The number of hydrogen-bond acceptors (Lipinski definition) is 6. The smallest absolute Gasteiger partial charge is 0.321 e. The number of aliphatic carboxylic acids is 1. The predicted octanol–water partition coefficient (Wildman–Crippen LogP) is -0.00620. The molecule has 3 N–H and O–H groups in total. The van der Waals surface area contributed by atoms with Crippen molar-refractivity contribution in [1.82, 2.24) is 25.3 Å². The van der Waals surface area contributed by atoms with Crippen LogP contribution in [0.3, 0.4) is 0 Å². The average Bonchev–Trinajstić information content (AvgIpc) is 2.96. The Bertz CT molecular complexity index is 541. The van der Waals surface area contributed by atoms with Gasteiger partial charge in [0.15, 0.2) is 0 Å². The molecule has 0 aliphatic carbocycles. The first kappa shape index (κ1) is 13.9. The molecule has 0 aliphatic heterocycles. The number of hydrogen-bond donors (Lipinski definition) is 3. The molecular weight excluding hydrogens is 262 g/mol. The van der Waals surface area contributed by atoms with Crippen LogP contribution in [0.15, 0.2) is 24.9 Å². The molecule has 0 aromatic carbocycles. The van der Waals surface area contributed by atoms with Crippen LogP contribution in [0.1, 0.15) is 11.3 Å². The molecule has 0 aliphatic rings. The molecule has 2 heterocycles. The minimum Gasteiger partial charge on any atom is -0.480 e. The van der Waals surface area contributed by atoms with Crippen LogP contribution < -0.4 is 10.1 Å². The Morgan fingerprint density at radius 1 is 1.45 bits per heavy atom. The number of aromatic nitrogens is 4. The Balaban J connectivity index is 1.92. The number of methoxy groups -OCH3 is 1. The van der Waals surface area contributed by atoms with Gasteiger partial charge >= 0.3 is 12.0 Å². The van der Waals surface area contributed by atoms with E-state index in [0.717, 1.165) is 11.3 Å². The van der Waals surface area contributed by atoms with Gasteiger partial charge in [0.05, 0.1) is 13.4 Å². The number of H-pyrrole nitrogens is 1. The monoisotopic (exact) mass is 277 g/mol. The van der Waals surface area contributed by atoms with Gasteiger partial charge in [-0.05, 0) is 0 Å². The van der Waals surface area contributed by atoms with Crippen molar-refractivity contribution in [3.8, 4) is 6.01 Å². The van der Waals surface area contributed by atoms with Crippen LogP contribution in [0, 0.1) is 0 Å². The van der Waals surface area contributed by atoms with Crippen molar-refractivity contribution in [1.29, 1.82) is 0 Å². The van der Waals surface area contributed by atoms with Crippen LogP contribution in [-0.2, 0) is 17.8 Å². The van der Waals surface area contributed by atoms with Gasteiger partial charge in [-0.15, -0.1) is 0 Å². The van der Waals surface area contributed by atoms with Gasteiger partial charge in [-0.25, -0.2) is 15.0 Å². The Labute approximate surface area is 115 Å². The summed E-state index contributed by atoms with van der Waals surface area (Å²) in [6.07, 6.45) is 6.63. The highest BCUT2D eigenvalue weighted by Crippen LogP contribution is 2.04. The van der Waals surface area contributed by atoms with Crippen LogP contribution >= 0.6 is 0 Å². The molecular formula is C12H15N5O3. The van der Waals surface area contributed by atoms with Crippen molar-refractivity contribution >= 4 is 5.97 Å². The van der Waals surface area contributed by atoms with Crippen LogP contribution in [0.5, 0.6) is 6.01 Å². The molecule has 0 saturated carbocycles. The van der Waals surface area contributed by atoms with Crippen molar-refractivity contribution in [2.24, 2.45) is 0 Å². The Morgan fingerprint density at radius 3 is 2.75 bits per heavy atom. The molecule has 2 rings (SSSR count). The van der Waals surface area contributed by atoms with Gasteiger partial charge in [-0.3, -0.25) is 10.1 Å². The van der Waals surface area contributed by atoms with Crippen molar-refractivity contribution < 1.29 is 14.6 Å². The number of ether oxygens (including phenoxy) is 1. The lowest BCUT2D eigenvalue weighted by atomic mass is 10.1. The third-order valence-corrected chi connectivity index (χ3v) is 2.69. The number of imidazole rings is 1. The predicted molar refractivity (Wildman–Crippen MR) is 69.1 cm³/mol. The van der Waals surface area contributed by atoms with Crippen molar-refractivity contribution in [2.75, 3.05) is 7.11 Å². The number of aromatic amines is 1. The quantitative estimate of drug-likeness (QED) is 0.652. The fourth-order valence-corrected chi connectivity index (χ4v) is 1.64. The molecule has 2 aromatic rings. The highest BCUT2D eigenvalue weighted by atomic mass is 16.5. The summed E-state index contributed by atoms with van der Waals surface area (Å²) in [4.78, 5) is 25.9. The summed E-state index contributed by atoms with van der Waals surface area (Å²) >= 11 is 0. The van der Waals surface area contributed by atoms with E-state index < -0.39 is 12.0 Å². The van der Waals surface area contributed by atoms with E-state index >= 15 is 0 Å². The fraction of sp³-hybridized carbons (Fsp3) is 0.333. The maximum atomic E-state index is 11.2. The van der Waals surface area contributed by atoms with E-state index in [4.69, 9.17) is 4.74 Å². The normalized spacial score (nSPS) is 12.1. The van der Waals surface area contributed by atoms with E-state index in [9.17, 15) is 9.90 Å². The summed E-state index contributed by atoms with van der Waals surface area (Å²) in [6, 6.07) is -0.432. The number of nitrogens with zero attached hydrogens (tertiary/aromatic N) is 3. The van der Waals surface area contributed by atoms with Crippen LogP contribution in [0.2, 0.25) is 0 Å². The van der Waals surface area contributed by atoms with Gasteiger partial charge in [0.25, 0.3) is 0 Å². The number of rotatable bonds is 7. The fourth-order valence-electron chi connectivity index (χ4n) is 1.64. The summed E-state index contributed by atoms with van der Waals surface area (Å²) < 4.78 is 4.86. The molecule has 0 spiro atoms. The molecule has 0 amide bonds. The largest absolute Gasteiger partial charge is 0.480 e. The van der Waals surface area contributed by atoms with E-state index in [1.807, 2.05) is 0 Å². The van der Waals surface area contributed by atoms with E-state index in [0.29, 0.717) is 13.0 Å². The van der Waals surface area contributed by atoms with Crippen LogP contribution in [0.4, 0.5) is 0 Å². The summed E-state index contributed by atoms with van der Waals surface area (Å²) in [7, 11) is 1.48. The summed E-state index contributed by atoms with van der Waals surface area (Å²) in [5, 5.41) is 12.1. The highest BCUT2D eigenvalue weighted by molar-refractivity contribution is 5.73. The number of carboxylic acid groups (broad SMARTS) is 1. The molecule has 1 atom stereocenters. The highest BCUT2D eigenvalue weighted by Gasteiger charge is 2.18. The SMILES string of the molecule is COc1ncc(CNC(Cc2cnc[nH]2)C(=O)O)cn1. The second kappa shape index (κ2) is 6.62. The molecule has 20 heavy (non-hydrogen) atoms. The number of nitrogens with one attached hydrogen (secondary N) is 2. The first-order valence-corrected chi connectivity index (χ1v) is 5.97. The number of carboxylic acids is 1. The van der Waals surface area contributed by atoms with E-state index in [1.165, 1.54) is 13.4 Å². The zero-order chi connectivity index (χ0) is 14.4. The van der Waals surface area contributed by atoms with Gasteiger partial charge in [0, 0.05) is 42.8 Å². The lowest BCUT2D eigenvalue weighted by Crippen LogP contribution is -2.38. The van der Waals surface area contributed by atoms with E-state index in [-0.39, 0.29) is 6.01 Å². The van der Waals surface area contributed by atoms with E-state index in [1.54, 1.807) is 18.6 Å². The first-order chi connectivity index (χ1) is 9.69. The van der Waals surface area contributed by atoms with Gasteiger partial charge in [-0.2, -0.15) is 0 Å². The summed E-state index contributed by atoms with van der Waals surface area (Å²) in [5.41, 5.74) is 1.54. The maximum absolute atomic E-state index is 11.2. The second-order valence-electron chi connectivity index (χ2n) is 4.13. The average molecular weight is 277 g/mol. The van der Waals surface area contributed by atoms with Gasteiger partial charge in [-0.1, -0.05) is 0 Å². The second-order valence-corrected chi connectivity index (χ2v) is 4.13. The Kier molecular flexibility index (Phi) is 4.61. The minimum absolute atomic E-state index is 0.279. The Morgan fingerprint density at radius 2 is 2.20 bits per heavy atom. The Hall–Kier alpha value is -2.48. The van der Waals surface area contributed by atoms with Gasteiger partial charge < -0.3 is 14.8 Å². The number of carbonyl (C=O) groups is 1. The topological polar surface area (TPSA) is 113 Å². The lowest BCUT2D eigenvalue weighted by molar-refractivity contribution is -0.139. The zero-order valence-corrected chi connectivity index (χ0v) is 10.9. The molecule has 0 fully saturated rings. The maximum Gasteiger partial charge on any atom is 0.321 e. The molecule has 8 heteroatoms. The van der Waals surface area contributed by atoms with Crippen molar-refractivity contribution in [3.63, 3.8) is 0 Å². The molecule has 106 valence electrons. The molecule has 0 radical (unpaired) electrons. The molecule has 2 aromatic heterocycles. The minimum atomic E-state index is -0.922. The third-order valence-electron chi connectivity index (χ3n) is 2.69. The van der Waals surface area contributed by atoms with Crippen LogP contribution in [-0.4, -0.2) is 44.2 Å². The summed E-state index contributed by atoms with van der Waals surface area (Å²) in [5.74, 6) is -0.922. The van der Waals surface area contributed by atoms with Gasteiger partial charge in [0.1, 0.15) is 6.04 Å². The zero-order valence-electron chi connectivity index (χ0n) is 10.9. The van der Waals surface area contributed by atoms with E-state index in [2.05, 4.69) is 25.3 Å². The lowest BCUT2D eigenvalue weighted by Gasteiger charge is -2.13. The standard InChI is InChI=1S/C12H15N5O3/c1-20-12-15-4-8(5-16-12)3-14-10(11(18)19)2-9-6-13-7-17-9/h4-7,10,14H,2-3H2,1H3,(H,13,17)(H,18,19). The summed E-state index contributed by atoms with van der Waals surface area (Å²) in [6.45, 7) is 0.356. The molecule has 0 bridgehead atoms.